The van der Waals surface area contributed by atoms with Crippen LogP contribution >= 0.6 is 35.3 Å². The van der Waals surface area contributed by atoms with Crippen molar-refractivity contribution in [1.29, 1.82) is 0 Å². The third-order valence-corrected chi connectivity index (χ3v) is 6.38. The van der Waals surface area contributed by atoms with Crippen molar-refractivity contribution in [3.05, 3.63) is 52.0 Å². The summed E-state index contributed by atoms with van der Waals surface area (Å²) in [5, 5.41) is 10.4. The van der Waals surface area contributed by atoms with Crippen molar-refractivity contribution in [2.24, 2.45) is 10.9 Å². The highest BCUT2D eigenvalue weighted by Gasteiger charge is 2.31. The summed E-state index contributed by atoms with van der Waals surface area (Å²) in [5.74, 6) is 1.48. The number of nitrogens with one attached hydrogen (secondary N) is 2. The summed E-state index contributed by atoms with van der Waals surface area (Å²) in [6.07, 6.45) is 2.03. The SMILES string of the molecule is CN=C(NCc1csc(CCc2ccccc2)n1)NC1CN(C(C)C)CC1C.I. The van der Waals surface area contributed by atoms with Crippen molar-refractivity contribution in [1.82, 2.24) is 20.5 Å². The fourth-order valence-electron chi connectivity index (χ4n) is 3.60. The van der Waals surface area contributed by atoms with Crippen molar-refractivity contribution < 1.29 is 0 Å². The van der Waals surface area contributed by atoms with E-state index in [1.54, 1.807) is 11.3 Å². The first-order valence-electron chi connectivity index (χ1n) is 10.2. The molecule has 2 N–H and O–H groups in total. The van der Waals surface area contributed by atoms with Crippen LogP contribution in [0, 0.1) is 5.92 Å². The molecule has 29 heavy (non-hydrogen) atoms. The van der Waals surface area contributed by atoms with Crippen LogP contribution in [0.2, 0.25) is 0 Å². The number of halogens is 1. The highest BCUT2D eigenvalue weighted by molar-refractivity contribution is 14.0. The van der Waals surface area contributed by atoms with Gasteiger partial charge in [-0.05, 0) is 31.7 Å². The second-order valence-corrected chi connectivity index (χ2v) is 8.86. The Morgan fingerprint density at radius 2 is 2.00 bits per heavy atom. The molecule has 2 heterocycles. The smallest absolute Gasteiger partial charge is 0.191 e. The number of benzene rings is 1. The second kappa shape index (κ2) is 11.9. The van der Waals surface area contributed by atoms with Crippen molar-refractivity contribution >= 4 is 41.3 Å². The number of rotatable bonds is 7. The van der Waals surface area contributed by atoms with E-state index in [1.807, 2.05) is 7.05 Å². The van der Waals surface area contributed by atoms with Crippen molar-refractivity contribution in [3.63, 3.8) is 0 Å². The highest BCUT2D eigenvalue weighted by Crippen LogP contribution is 2.18. The van der Waals surface area contributed by atoms with Gasteiger partial charge in [-0.15, -0.1) is 35.3 Å². The Kier molecular flexibility index (Phi) is 9.85. The van der Waals surface area contributed by atoms with Gasteiger partial charge < -0.3 is 10.6 Å². The number of hydrogen-bond acceptors (Lipinski definition) is 4. The zero-order valence-electron chi connectivity index (χ0n) is 17.9. The number of aryl methyl sites for hydroxylation is 2. The summed E-state index contributed by atoms with van der Waals surface area (Å²) < 4.78 is 0. The maximum Gasteiger partial charge on any atom is 0.191 e. The lowest BCUT2D eigenvalue weighted by Gasteiger charge is -2.21. The molecule has 0 amide bonds. The van der Waals surface area contributed by atoms with E-state index in [0.29, 0.717) is 24.5 Å². The molecule has 7 heteroatoms. The Balaban J connectivity index is 0.00000300. The number of aliphatic imine (C=N–C) groups is 1. The number of nitrogens with zero attached hydrogens (tertiary/aromatic N) is 3. The van der Waals surface area contributed by atoms with Gasteiger partial charge in [-0.1, -0.05) is 37.3 Å². The van der Waals surface area contributed by atoms with E-state index >= 15 is 0 Å². The van der Waals surface area contributed by atoms with Crippen LogP contribution < -0.4 is 10.6 Å². The van der Waals surface area contributed by atoms with Crippen molar-refractivity contribution in [2.45, 2.75) is 52.2 Å². The Hall–Kier alpha value is -1.19. The van der Waals surface area contributed by atoms with E-state index in [4.69, 9.17) is 4.98 Å². The Labute approximate surface area is 196 Å². The van der Waals surface area contributed by atoms with Crippen LogP contribution in [-0.2, 0) is 19.4 Å². The van der Waals surface area contributed by atoms with Gasteiger partial charge in [-0.25, -0.2) is 4.98 Å². The molecule has 1 aliphatic heterocycles. The number of guanidine groups is 1. The van der Waals surface area contributed by atoms with Gasteiger partial charge in [0.1, 0.15) is 0 Å². The zero-order chi connectivity index (χ0) is 19.9. The van der Waals surface area contributed by atoms with Crippen LogP contribution in [0.5, 0.6) is 0 Å². The van der Waals surface area contributed by atoms with Crippen LogP contribution in [0.3, 0.4) is 0 Å². The number of likely N-dealkylation sites (tertiary alicyclic amines) is 1. The molecule has 3 rings (SSSR count). The third kappa shape index (κ3) is 7.22. The van der Waals surface area contributed by atoms with E-state index < -0.39 is 0 Å². The molecule has 2 atom stereocenters. The minimum atomic E-state index is 0. The maximum atomic E-state index is 4.78. The third-order valence-electron chi connectivity index (χ3n) is 5.42. The van der Waals surface area contributed by atoms with Gasteiger partial charge in [-0.3, -0.25) is 9.89 Å². The first-order valence-corrected chi connectivity index (χ1v) is 11.1. The fraction of sp³-hybridized carbons (Fsp3) is 0.545. The van der Waals surface area contributed by atoms with E-state index in [-0.39, 0.29) is 24.0 Å². The number of hydrogen-bond donors (Lipinski definition) is 2. The largest absolute Gasteiger partial charge is 0.352 e. The summed E-state index contributed by atoms with van der Waals surface area (Å²) in [6.45, 7) is 9.76. The first-order chi connectivity index (χ1) is 13.5. The summed E-state index contributed by atoms with van der Waals surface area (Å²) in [5.41, 5.74) is 2.45. The minimum absolute atomic E-state index is 0. The van der Waals surface area contributed by atoms with Gasteiger partial charge in [0, 0.05) is 44.0 Å². The molecule has 2 aromatic rings. The molecule has 0 saturated carbocycles. The monoisotopic (exact) mass is 527 g/mol. The lowest BCUT2D eigenvalue weighted by molar-refractivity contribution is 0.265. The molecule has 1 aromatic carbocycles. The fourth-order valence-corrected chi connectivity index (χ4v) is 4.40. The van der Waals surface area contributed by atoms with Gasteiger partial charge in [0.2, 0.25) is 0 Å². The molecule has 1 aliphatic rings. The molecule has 160 valence electrons. The van der Waals surface area contributed by atoms with Crippen molar-refractivity contribution in [3.8, 4) is 0 Å². The molecule has 1 aromatic heterocycles. The summed E-state index contributed by atoms with van der Waals surface area (Å²) >= 11 is 1.75. The molecular formula is C22H34IN5S. The summed E-state index contributed by atoms with van der Waals surface area (Å²) in [4.78, 5) is 11.7. The van der Waals surface area contributed by atoms with Crippen LogP contribution in [-0.4, -0.2) is 48.1 Å². The van der Waals surface area contributed by atoms with Crippen LogP contribution in [0.15, 0.2) is 40.7 Å². The molecular weight excluding hydrogens is 493 g/mol. The van der Waals surface area contributed by atoms with E-state index in [1.165, 1.54) is 10.6 Å². The van der Waals surface area contributed by atoms with E-state index in [0.717, 1.165) is 37.6 Å². The van der Waals surface area contributed by atoms with E-state index in [9.17, 15) is 0 Å². The Morgan fingerprint density at radius 3 is 2.66 bits per heavy atom. The first kappa shape index (κ1) is 24.1. The van der Waals surface area contributed by atoms with Crippen LogP contribution in [0.25, 0.3) is 0 Å². The molecule has 0 bridgehead atoms. The predicted molar refractivity (Wildman–Crippen MR) is 134 cm³/mol. The number of aromatic nitrogens is 1. The molecule has 1 saturated heterocycles. The van der Waals surface area contributed by atoms with Gasteiger partial charge >= 0.3 is 0 Å². The maximum absolute atomic E-state index is 4.78. The predicted octanol–water partition coefficient (Wildman–Crippen LogP) is 3.94. The minimum Gasteiger partial charge on any atom is -0.352 e. The summed E-state index contributed by atoms with van der Waals surface area (Å²) in [7, 11) is 1.83. The topological polar surface area (TPSA) is 52.6 Å². The zero-order valence-corrected chi connectivity index (χ0v) is 21.0. The van der Waals surface area contributed by atoms with Gasteiger partial charge in [0.05, 0.1) is 17.2 Å². The summed E-state index contributed by atoms with van der Waals surface area (Å²) in [6, 6.07) is 11.6. The molecule has 0 radical (unpaired) electrons. The average Bonchev–Trinajstić information content (AvgIpc) is 3.31. The Bertz CT molecular complexity index is 762. The van der Waals surface area contributed by atoms with Crippen molar-refractivity contribution in [2.75, 3.05) is 20.1 Å². The quantitative estimate of drug-likeness (QED) is 0.326. The van der Waals surface area contributed by atoms with Gasteiger partial charge in [0.25, 0.3) is 0 Å². The lowest BCUT2D eigenvalue weighted by atomic mass is 10.1. The molecule has 2 unspecified atom stereocenters. The molecule has 0 aliphatic carbocycles. The standard InChI is InChI=1S/C22H33N5S.HI/c1-16(2)27-13-17(3)20(14-27)26-22(23-4)24-12-19-15-28-21(25-19)11-10-18-8-6-5-7-9-18;/h5-9,15-17,20H,10-14H2,1-4H3,(H2,23,24,26);1H. The molecule has 5 nitrogen and oxygen atoms in total. The highest BCUT2D eigenvalue weighted by atomic mass is 127. The molecule has 0 spiro atoms. The lowest BCUT2D eigenvalue weighted by Crippen LogP contribution is -2.46. The van der Waals surface area contributed by atoms with E-state index in [2.05, 4.69) is 77.0 Å². The van der Waals surface area contributed by atoms with Crippen LogP contribution in [0.1, 0.15) is 37.0 Å². The average molecular weight is 528 g/mol. The molecule has 1 fully saturated rings. The van der Waals surface area contributed by atoms with Crippen LogP contribution in [0.4, 0.5) is 0 Å². The second-order valence-electron chi connectivity index (χ2n) is 7.92. The van der Waals surface area contributed by atoms with Gasteiger partial charge in [0.15, 0.2) is 5.96 Å². The normalized spacial score (nSPS) is 20.0. The number of thiazole rings is 1. The van der Waals surface area contributed by atoms with Gasteiger partial charge in [-0.2, -0.15) is 0 Å². The Morgan fingerprint density at radius 1 is 1.24 bits per heavy atom.